The Kier molecular flexibility index (Phi) is 6.92. The van der Waals surface area contributed by atoms with Gasteiger partial charge in [-0.15, -0.1) is 0 Å². The van der Waals surface area contributed by atoms with Crippen LogP contribution in [0.5, 0.6) is 5.75 Å². The maximum atomic E-state index is 12.2. The van der Waals surface area contributed by atoms with Crippen LogP contribution in [0.15, 0.2) is 28.8 Å². The minimum atomic E-state index is -0.438. The molecule has 2 aromatic rings. The van der Waals surface area contributed by atoms with Gasteiger partial charge in [-0.2, -0.15) is 4.98 Å². The average molecular weight is 374 g/mol. The zero-order valence-corrected chi connectivity index (χ0v) is 15.9. The molecule has 0 bridgehead atoms. The summed E-state index contributed by atoms with van der Waals surface area (Å²) < 4.78 is 10.7. The molecule has 0 saturated heterocycles. The first-order valence-corrected chi connectivity index (χ1v) is 8.89. The van der Waals surface area contributed by atoms with Gasteiger partial charge >= 0.3 is 0 Å². The van der Waals surface area contributed by atoms with Crippen molar-refractivity contribution in [2.75, 3.05) is 11.9 Å². The summed E-state index contributed by atoms with van der Waals surface area (Å²) in [6, 6.07) is 7.05. The predicted octanol–water partition coefficient (Wildman–Crippen LogP) is 2.58. The number of rotatable bonds is 9. The SMILES string of the molecule is CC(C)(C)c1noc(CCCC(=O)Nc2ccccc2OCCC(N)=O)n1. The van der Waals surface area contributed by atoms with Crippen molar-refractivity contribution in [3.8, 4) is 5.75 Å². The molecule has 1 aromatic heterocycles. The lowest BCUT2D eigenvalue weighted by Gasteiger charge is -2.12. The van der Waals surface area contributed by atoms with Crippen LogP contribution in [-0.4, -0.2) is 28.6 Å². The molecule has 146 valence electrons. The molecule has 1 aromatic carbocycles. The van der Waals surface area contributed by atoms with Crippen molar-refractivity contribution in [2.24, 2.45) is 5.73 Å². The molecule has 0 radical (unpaired) electrons. The summed E-state index contributed by atoms with van der Waals surface area (Å²) in [5.74, 6) is 1.11. The van der Waals surface area contributed by atoms with Crippen LogP contribution in [0.1, 0.15) is 51.7 Å². The fourth-order valence-electron chi connectivity index (χ4n) is 2.23. The number of nitrogens with zero attached hydrogens (tertiary/aromatic N) is 2. The van der Waals surface area contributed by atoms with E-state index in [0.717, 1.165) is 0 Å². The third-order valence-electron chi connectivity index (χ3n) is 3.70. The van der Waals surface area contributed by atoms with Crippen molar-refractivity contribution < 1.29 is 18.8 Å². The first-order chi connectivity index (χ1) is 12.8. The first-order valence-electron chi connectivity index (χ1n) is 8.89. The fourth-order valence-corrected chi connectivity index (χ4v) is 2.23. The first kappa shape index (κ1) is 20.4. The van der Waals surface area contributed by atoms with E-state index in [1.54, 1.807) is 24.3 Å². The number of benzene rings is 1. The lowest BCUT2D eigenvalue weighted by molar-refractivity contribution is -0.118. The number of anilines is 1. The van der Waals surface area contributed by atoms with Crippen LogP contribution in [0.2, 0.25) is 0 Å². The summed E-state index contributed by atoms with van der Waals surface area (Å²) in [7, 11) is 0. The van der Waals surface area contributed by atoms with Gasteiger partial charge in [0.15, 0.2) is 5.82 Å². The number of nitrogens with one attached hydrogen (secondary N) is 1. The number of ether oxygens (including phenoxy) is 1. The quantitative estimate of drug-likeness (QED) is 0.696. The van der Waals surface area contributed by atoms with Crippen LogP contribution in [-0.2, 0) is 21.4 Å². The summed E-state index contributed by atoms with van der Waals surface area (Å²) in [4.78, 5) is 27.4. The lowest BCUT2D eigenvalue weighted by atomic mass is 9.96. The van der Waals surface area contributed by atoms with E-state index in [4.69, 9.17) is 15.0 Å². The maximum absolute atomic E-state index is 12.2. The molecular formula is C19H26N4O4. The fraction of sp³-hybridized carbons (Fsp3) is 0.474. The number of amides is 2. The van der Waals surface area contributed by atoms with Gasteiger partial charge in [-0.25, -0.2) is 0 Å². The van der Waals surface area contributed by atoms with Gasteiger partial charge in [0, 0.05) is 18.3 Å². The van der Waals surface area contributed by atoms with Gasteiger partial charge in [0.2, 0.25) is 17.7 Å². The topological polar surface area (TPSA) is 120 Å². The van der Waals surface area contributed by atoms with Crippen molar-refractivity contribution in [1.82, 2.24) is 10.1 Å². The zero-order chi connectivity index (χ0) is 19.9. The Balaban J connectivity index is 1.82. The summed E-state index contributed by atoms with van der Waals surface area (Å²) in [5.41, 5.74) is 5.48. The number of nitrogens with two attached hydrogens (primary N) is 1. The van der Waals surface area contributed by atoms with Crippen molar-refractivity contribution in [1.29, 1.82) is 0 Å². The Labute approximate surface area is 158 Å². The molecule has 0 spiro atoms. The molecule has 8 heteroatoms. The molecule has 3 N–H and O–H groups in total. The average Bonchev–Trinajstić information content (AvgIpc) is 3.05. The Morgan fingerprint density at radius 3 is 2.63 bits per heavy atom. The lowest BCUT2D eigenvalue weighted by Crippen LogP contribution is -2.16. The molecule has 2 amide bonds. The molecule has 0 aliphatic carbocycles. The molecule has 0 saturated carbocycles. The second kappa shape index (κ2) is 9.16. The predicted molar refractivity (Wildman–Crippen MR) is 100 cm³/mol. The van der Waals surface area contributed by atoms with E-state index in [2.05, 4.69) is 15.5 Å². The Hall–Kier alpha value is -2.90. The second-order valence-corrected chi connectivity index (χ2v) is 7.22. The van der Waals surface area contributed by atoms with Crippen LogP contribution in [0.4, 0.5) is 5.69 Å². The van der Waals surface area contributed by atoms with E-state index in [-0.39, 0.29) is 24.3 Å². The highest BCUT2D eigenvalue weighted by Gasteiger charge is 2.20. The number of hydrogen-bond acceptors (Lipinski definition) is 6. The van der Waals surface area contributed by atoms with Crippen molar-refractivity contribution >= 4 is 17.5 Å². The number of para-hydroxylation sites is 2. The highest BCUT2D eigenvalue weighted by Crippen LogP contribution is 2.24. The van der Waals surface area contributed by atoms with Gasteiger partial charge in [-0.1, -0.05) is 38.1 Å². The second-order valence-electron chi connectivity index (χ2n) is 7.22. The molecule has 0 atom stereocenters. The van der Waals surface area contributed by atoms with E-state index < -0.39 is 5.91 Å². The van der Waals surface area contributed by atoms with E-state index in [9.17, 15) is 9.59 Å². The molecule has 0 aliphatic rings. The molecular weight excluding hydrogens is 348 g/mol. The Bertz CT molecular complexity index is 780. The monoisotopic (exact) mass is 374 g/mol. The highest BCUT2D eigenvalue weighted by molar-refractivity contribution is 5.92. The number of primary amides is 1. The molecule has 27 heavy (non-hydrogen) atoms. The summed E-state index contributed by atoms with van der Waals surface area (Å²) in [5, 5.41) is 6.79. The number of hydrogen-bond donors (Lipinski definition) is 2. The molecule has 0 fully saturated rings. The van der Waals surface area contributed by atoms with Gasteiger partial charge in [-0.3, -0.25) is 9.59 Å². The number of carbonyl (C=O) groups excluding carboxylic acids is 2. The summed E-state index contributed by atoms with van der Waals surface area (Å²) in [6.07, 6.45) is 1.54. The molecule has 0 aliphatic heterocycles. The van der Waals surface area contributed by atoms with Gasteiger partial charge in [0.25, 0.3) is 0 Å². The summed E-state index contributed by atoms with van der Waals surface area (Å²) >= 11 is 0. The minimum absolute atomic E-state index is 0.114. The number of carbonyl (C=O) groups is 2. The largest absolute Gasteiger partial charge is 0.491 e. The van der Waals surface area contributed by atoms with Crippen molar-refractivity contribution in [3.63, 3.8) is 0 Å². The van der Waals surface area contributed by atoms with E-state index in [0.29, 0.717) is 42.4 Å². The third-order valence-corrected chi connectivity index (χ3v) is 3.70. The number of aromatic nitrogens is 2. The van der Waals surface area contributed by atoms with Crippen molar-refractivity contribution in [3.05, 3.63) is 36.0 Å². The van der Waals surface area contributed by atoms with E-state index in [1.165, 1.54) is 0 Å². The molecule has 2 rings (SSSR count). The summed E-state index contributed by atoms with van der Waals surface area (Å²) in [6.45, 7) is 6.20. The van der Waals surface area contributed by atoms with Crippen LogP contribution >= 0.6 is 0 Å². The molecule has 8 nitrogen and oxygen atoms in total. The van der Waals surface area contributed by atoms with Crippen LogP contribution < -0.4 is 15.8 Å². The van der Waals surface area contributed by atoms with Gasteiger partial charge in [0.1, 0.15) is 5.75 Å². The Morgan fingerprint density at radius 2 is 1.96 bits per heavy atom. The molecule has 1 heterocycles. The van der Waals surface area contributed by atoms with Gasteiger partial charge in [-0.05, 0) is 18.6 Å². The number of aryl methyl sites for hydroxylation is 1. The normalized spacial score (nSPS) is 11.2. The smallest absolute Gasteiger partial charge is 0.226 e. The minimum Gasteiger partial charge on any atom is -0.491 e. The van der Waals surface area contributed by atoms with Crippen LogP contribution in [0, 0.1) is 0 Å². The third kappa shape index (κ3) is 6.73. The van der Waals surface area contributed by atoms with Crippen molar-refractivity contribution in [2.45, 2.75) is 51.9 Å². The Morgan fingerprint density at radius 1 is 1.22 bits per heavy atom. The zero-order valence-electron chi connectivity index (χ0n) is 15.9. The van der Waals surface area contributed by atoms with E-state index >= 15 is 0 Å². The van der Waals surface area contributed by atoms with E-state index in [1.807, 2.05) is 20.8 Å². The maximum Gasteiger partial charge on any atom is 0.226 e. The standard InChI is InChI=1S/C19H26N4O4/c1-19(2,3)18-22-17(27-23-18)10-6-9-16(25)21-13-7-4-5-8-14(13)26-12-11-15(20)24/h4-5,7-8H,6,9-12H2,1-3H3,(H2,20,24)(H,21,25). The van der Waals surface area contributed by atoms with Crippen LogP contribution in [0.25, 0.3) is 0 Å². The molecule has 0 unspecified atom stereocenters. The van der Waals surface area contributed by atoms with Crippen LogP contribution in [0.3, 0.4) is 0 Å². The highest BCUT2D eigenvalue weighted by atomic mass is 16.5. The van der Waals surface area contributed by atoms with Gasteiger partial charge < -0.3 is 20.3 Å². The van der Waals surface area contributed by atoms with Gasteiger partial charge in [0.05, 0.1) is 18.7 Å².